The van der Waals surface area contributed by atoms with E-state index in [4.69, 9.17) is 16.6 Å². The predicted octanol–water partition coefficient (Wildman–Crippen LogP) is 4.73. The van der Waals surface area contributed by atoms with E-state index >= 15 is 0 Å². The van der Waals surface area contributed by atoms with E-state index in [1.54, 1.807) is 24.3 Å². The number of nitrogens with one attached hydrogen (secondary N) is 3. The third kappa shape index (κ3) is 5.11. The van der Waals surface area contributed by atoms with Crippen molar-refractivity contribution in [1.82, 2.24) is 9.71 Å². The highest BCUT2D eigenvalue weighted by molar-refractivity contribution is 7.89. The molecule has 1 aliphatic heterocycles. The average Bonchev–Trinajstić information content (AvgIpc) is 2.76. The molecule has 1 aliphatic rings. The first-order valence-corrected chi connectivity index (χ1v) is 12.5. The van der Waals surface area contributed by atoms with Crippen molar-refractivity contribution in [2.45, 2.75) is 37.5 Å². The highest BCUT2D eigenvalue weighted by Gasteiger charge is 2.18. The quantitative estimate of drug-likeness (QED) is 0.425. The lowest BCUT2D eigenvalue weighted by Gasteiger charge is -2.23. The summed E-state index contributed by atoms with van der Waals surface area (Å²) in [5.74, 6) is 0.900. The standard InChI is InChI=1S/C23H27ClN4O2S/c1-16-6-9-18(10-7-16)31(29,30)27-14-3-2-12-26-23-19-5-4-13-25-22(19)20-15-17(24)8-11-21(20)28-23/h6-11,15,25,27H,2-5,12-14H2,1H3,(H,26,28). The number of halogens is 1. The molecule has 4 rings (SSSR count). The molecule has 2 aromatic carbocycles. The van der Waals surface area contributed by atoms with E-state index in [9.17, 15) is 8.42 Å². The van der Waals surface area contributed by atoms with Crippen LogP contribution in [-0.2, 0) is 16.4 Å². The van der Waals surface area contributed by atoms with Crippen molar-refractivity contribution in [2.75, 3.05) is 30.3 Å². The van der Waals surface area contributed by atoms with E-state index in [0.717, 1.165) is 66.7 Å². The summed E-state index contributed by atoms with van der Waals surface area (Å²) >= 11 is 6.19. The van der Waals surface area contributed by atoms with Crippen molar-refractivity contribution >= 4 is 44.0 Å². The molecule has 3 aromatic rings. The van der Waals surface area contributed by atoms with Crippen LogP contribution in [0.4, 0.5) is 11.5 Å². The zero-order chi connectivity index (χ0) is 21.8. The number of sulfonamides is 1. The maximum atomic E-state index is 12.4. The van der Waals surface area contributed by atoms with Gasteiger partial charge in [0.1, 0.15) is 5.82 Å². The minimum atomic E-state index is -3.46. The van der Waals surface area contributed by atoms with Gasteiger partial charge in [-0.25, -0.2) is 18.1 Å². The van der Waals surface area contributed by atoms with Crippen LogP contribution in [-0.4, -0.2) is 33.0 Å². The number of hydrogen-bond donors (Lipinski definition) is 3. The molecule has 0 amide bonds. The molecular weight excluding hydrogens is 432 g/mol. The molecule has 31 heavy (non-hydrogen) atoms. The van der Waals surface area contributed by atoms with Crippen molar-refractivity contribution in [3.63, 3.8) is 0 Å². The van der Waals surface area contributed by atoms with Gasteiger partial charge in [0.05, 0.1) is 16.1 Å². The van der Waals surface area contributed by atoms with Gasteiger partial charge >= 0.3 is 0 Å². The van der Waals surface area contributed by atoms with Crippen molar-refractivity contribution in [3.8, 4) is 0 Å². The SMILES string of the molecule is Cc1ccc(S(=O)(=O)NCCCCNc2nc3ccc(Cl)cc3c3c2CCCN3)cc1. The molecule has 0 atom stereocenters. The lowest BCUT2D eigenvalue weighted by molar-refractivity contribution is 0.577. The normalized spacial score (nSPS) is 13.6. The second-order valence-corrected chi connectivity index (χ2v) is 10.1. The first-order chi connectivity index (χ1) is 14.9. The van der Waals surface area contributed by atoms with E-state index in [1.165, 1.54) is 5.56 Å². The number of benzene rings is 2. The summed E-state index contributed by atoms with van der Waals surface area (Å²) in [4.78, 5) is 5.11. The molecule has 0 radical (unpaired) electrons. The van der Waals surface area contributed by atoms with Crippen LogP contribution in [0.1, 0.15) is 30.4 Å². The number of hydrogen-bond acceptors (Lipinski definition) is 5. The summed E-state index contributed by atoms with van der Waals surface area (Å²) in [5, 5.41) is 8.72. The van der Waals surface area contributed by atoms with Crippen LogP contribution in [0.25, 0.3) is 10.9 Å². The maximum Gasteiger partial charge on any atom is 0.240 e. The summed E-state index contributed by atoms with van der Waals surface area (Å²) in [5.41, 5.74) is 4.26. The Morgan fingerprint density at radius 1 is 1.10 bits per heavy atom. The monoisotopic (exact) mass is 458 g/mol. The Balaban J connectivity index is 1.34. The molecule has 0 fully saturated rings. The van der Waals surface area contributed by atoms with Crippen LogP contribution in [0.2, 0.25) is 5.02 Å². The molecule has 2 heterocycles. The Morgan fingerprint density at radius 3 is 2.68 bits per heavy atom. The number of aryl methyl sites for hydroxylation is 1. The van der Waals surface area contributed by atoms with E-state index in [-0.39, 0.29) is 0 Å². The Kier molecular flexibility index (Phi) is 6.65. The minimum absolute atomic E-state index is 0.302. The first kappa shape index (κ1) is 21.9. The van der Waals surface area contributed by atoms with Crippen molar-refractivity contribution in [2.24, 2.45) is 0 Å². The molecule has 1 aromatic heterocycles. The van der Waals surface area contributed by atoms with E-state index in [0.29, 0.717) is 16.5 Å². The van der Waals surface area contributed by atoms with Crippen LogP contribution in [0, 0.1) is 6.92 Å². The average molecular weight is 459 g/mol. The molecule has 0 saturated carbocycles. The minimum Gasteiger partial charge on any atom is -0.384 e. The van der Waals surface area contributed by atoms with Gasteiger partial charge in [0, 0.05) is 35.6 Å². The molecule has 0 bridgehead atoms. The molecule has 0 unspecified atom stereocenters. The summed E-state index contributed by atoms with van der Waals surface area (Å²) in [6.45, 7) is 4.01. The number of anilines is 2. The molecule has 8 heteroatoms. The van der Waals surface area contributed by atoms with Gasteiger partial charge in [0.15, 0.2) is 0 Å². The summed E-state index contributed by atoms with van der Waals surface area (Å²) in [6, 6.07) is 12.6. The molecule has 0 spiro atoms. The molecule has 6 nitrogen and oxygen atoms in total. The number of fused-ring (bicyclic) bond motifs is 3. The van der Waals surface area contributed by atoms with Crippen LogP contribution >= 0.6 is 11.6 Å². The third-order valence-electron chi connectivity index (χ3n) is 5.47. The molecule has 164 valence electrons. The Morgan fingerprint density at radius 2 is 1.87 bits per heavy atom. The molecule has 3 N–H and O–H groups in total. The predicted molar refractivity (Wildman–Crippen MR) is 128 cm³/mol. The summed E-state index contributed by atoms with van der Waals surface area (Å²) in [6.07, 6.45) is 3.60. The number of aromatic nitrogens is 1. The number of unbranched alkanes of at least 4 members (excludes halogenated alkanes) is 1. The summed E-state index contributed by atoms with van der Waals surface area (Å²) in [7, 11) is -3.46. The van der Waals surface area contributed by atoms with Gasteiger partial charge in [0.25, 0.3) is 0 Å². The van der Waals surface area contributed by atoms with Gasteiger partial charge < -0.3 is 10.6 Å². The highest BCUT2D eigenvalue weighted by atomic mass is 35.5. The number of rotatable bonds is 8. The van der Waals surface area contributed by atoms with E-state index in [2.05, 4.69) is 15.4 Å². The van der Waals surface area contributed by atoms with Crippen LogP contribution in [0.15, 0.2) is 47.4 Å². The lowest BCUT2D eigenvalue weighted by atomic mass is 10.0. The fourth-order valence-electron chi connectivity index (χ4n) is 3.81. The maximum absolute atomic E-state index is 12.4. The van der Waals surface area contributed by atoms with Crippen LogP contribution < -0.4 is 15.4 Å². The van der Waals surface area contributed by atoms with Gasteiger partial charge in [-0.15, -0.1) is 0 Å². The third-order valence-corrected chi connectivity index (χ3v) is 7.18. The zero-order valence-corrected chi connectivity index (χ0v) is 19.1. The Labute approximate surface area is 188 Å². The van der Waals surface area contributed by atoms with Gasteiger partial charge in [-0.1, -0.05) is 29.3 Å². The van der Waals surface area contributed by atoms with E-state index in [1.807, 2.05) is 25.1 Å². The second kappa shape index (κ2) is 9.42. The zero-order valence-electron chi connectivity index (χ0n) is 17.5. The van der Waals surface area contributed by atoms with Gasteiger partial charge in [-0.3, -0.25) is 0 Å². The summed E-state index contributed by atoms with van der Waals surface area (Å²) < 4.78 is 27.4. The largest absolute Gasteiger partial charge is 0.384 e. The smallest absolute Gasteiger partial charge is 0.240 e. The van der Waals surface area contributed by atoms with Crippen LogP contribution in [0.3, 0.4) is 0 Å². The highest BCUT2D eigenvalue weighted by Crippen LogP contribution is 2.35. The van der Waals surface area contributed by atoms with Crippen molar-refractivity contribution < 1.29 is 8.42 Å². The topological polar surface area (TPSA) is 83.1 Å². The van der Waals surface area contributed by atoms with Crippen LogP contribution in [0.5, 0.6) is 0 Å². The van der Waals surface area contributed by atoms with Gasteiger partial charge in [-0.2, -0.15) is 0 Å². The Bertz CT molecular complexity index is 1180. The van der Waals surface area contributed by atoms with Crippen molar-refractivity contribution in [1.29, 1.82) is 0 Å². The lowest BCUT2D eigenvalue weighted by Crippen LogP contribution is -2.25. The van der Waals surface area contributed by atoms with Gasteiger partial charge in [0.2, 0.25) is 10.0 Å². The molecular formula is C23H27ClN4O2S. The number of pyridine rings is 1. The molecule has 0 aliphatic carbocycles. The Hall–Kier alpha value is -2.35. The fourth-order valence-corrected chi connectivity index (χ4v) is 5.06. The fraction of sp³-hybridized carbons (Fsp3) is 0.348. The second-order valence-electron chi connectivity index (χ2n) is 7.85. The van der Waals surface area contributed by atoms with Crippen molar-refractivity contribution in [3.05, 3.63) is 58.6 Å². The first-order valence-electron chi connectivity index (χ1n) is 10.6. The van der Waals surface area contributed by atoms with Gasteiger partial charge in [-0.05, 0) is 62.9 Å². The molecule has 0 saturated heterocycles. The number of nitrogens with zero attached hydrogens (tertiary/aromatic N) is 1. The van der Waals surface area contributed by atoms with E-state index < -0.39 is 10.0 Å².